The highest BCUT2D eigenvalue weighted by Crippen LogP contribution is 2.40. The van der Waals surface area contributed by atoms with Crippen molar-refractivity contribution in [2.75, 3.05) is 5.32 Å². The van der Waals surface area contributed by atoms with Crippen molar-refractivity contribution in [3.63, 3.8) is 0 Å². The third-order valence-corrected chi connectivity index (χ3v) is 4.06. The van der Waals surface area contributed by atoms with Crippen molar-refractivity contribution in [3.8, 4) is 0 Å². The number of nitrogens with one attached hydrogen (secondary N) is 1. The molecule has 2 N–H and O–H groups in total. The van der Waals surface area contributed by atoms with Crippen LogP contribution in [0.25, 0.3) is 0 Å². The fraction of sp³-hybridized carbons (Fsp3) is 0.125. The van der Waals surface area contributed by atoms with Gasteiger partial charge in [0.25, 0.3) is 5.91 Å². The maximum atomic E-state index is 12.3. The van der Waals surface area contributed by atoms with Crippen molar-refractivity contribution < 1.29 is 14.7 Å². The van der Waals surface area contributed by atoms with Gasteiger partial charge < -0.3 is 10.4 Å². The number of aliphatic hydroxyl groups is 1. The van der Waals surface area contributed by atoms with Crippen LogP contribution in [0.1, 0.15) is 22.3 Å². The molecule has 0 fully saturated rings. The van der Waals surface area contributed by atoms with Crippen molar-refractivity contribution in [3.05, 3.63) is 64.1 Å². The lowest BCUT2D eigenvalue weighted by atomic mass is 9.88. The Morgan fingerprint density at radius 2 is 1.90 bits per heavy atom. The summed E-state index contributed by atoms with van der Waals surface area (Å²) in [7, 11) is 0. The fourth-order valence-electron chi connectivity index (χ4n) is 2.46. The number of rotatable bonds is 3. The number of hydrogen-bond donors (Lipinski definition) is 2. The minimum absolute atomic E-state index is 0.274. The van der Waals surface area contributed by atoms with Gasteiger partial charge in [-0.3, -0.25) is 9.59 Å². The first-order valence-electron chi connectivity index (χ1n) is 6.43. The largest absolute Gasteiger partial charge is 0.375 e. The second kappa shape index (κ2) is 5.09. The van der Waals surface area contributed by atoms with Gasteiger partial charge in [-0.1, -0.05) is 52.3 Å². The molecule has 1 atom stereocenters. The van der Waals surface area contributed by atoms with Gasteiger partial charge in [-0.05, 0) is 12.1 Å². The molecule has 0 aliphatic carbocycles. The lowest BCUT2D eigenvalue weighted by Gasteiger charge is -2.20. The standard InChI is InChI=1S/C16H12BrNO3/c17-11-6-7-12-13(8-11)18-15(20)16(12,21)9-14(19)10-4-2-1-3-5-10/h1-8,21H,9H2,(H,18,20)/t16-/m1/s1. The zero-order valence-electron chi connectivity index (χ0n) is 11.0. The Bertz CT molecular complexity index is 730. The Kier molecular flexibility index (Phi) is 3.39. The van der Waals surface area contributed by atoms with Crippen molar-refractivity contribution in [2.24, 2.45) is 0 Å². The monoisotopic (exact) mass is 345 g/mol. The summed E-state index contributed by atoms with van der Waals surface area (Å²) in [5, 5.41) is 13.3. The molecule has 5 heteroatoms. The number of Topliss-reactive ketones (excluding diaryl/α,β-unsaturated/α-hetero) is 1. The van der Waals surface area contributed by atoms with E-state index in [1.165, 1.54) is 0 Å². The third-order valence-electron chi connectivity index (χ3n) is 3.56. The number of amides is 1. The number of benzene rings is 2. The highest BCUT2D eigenvalue weighted by atomic mass is 79.9. The van der Waals surface area contributed by atoms with Crippen LogP contribution in [0.5, 0.6) is 0 Å². The molecule has 3 rings (SSSR count). The Morgan fingerprint density at radius 3 is 2.62 bits per heavy atom. The van der Waals surface area contributed by atoms with Crippen LogP contribution in [0, 0.1) is 0 Å². The molecule has 0 saturated heterocycles. The van der Waals surface area contributed by atoms with Crippen LogP contribution in [-0.4, -0.2) is 16.8 Å². The predicted molar refractivity (Wildman–Crippen MR) is 82.1 cm³/mol. The molecule has 0 radical (unpaired) electrons. The minimum Gasteiger partial charge on any atom is -0.375 e. The lowest BCUT2D eigenvalue weighted by Crippen LogP contribution is -2.36. The number of hydrogen-bond acceptors (Lipinski definition) is 3. The summed E-state index contributed by atoms with van der Waals surface area (Å²) in [5.74, 6) is -0.844. The van der Waals surface area contributed by atoms with Gasteiger partial charge in [0.1, 0.15) is 0 Å². The summed E-state index contributed by atoms with van der Waals surface area (Å²) in [6.45, 7) is 0. The molecule has 4 nitrogen and oxygen atoms in total. The summed E-state index contributed by atoms with van der Waals surface area (Å²) in [6.07, 6.45) is -0.280. The van der Waals surface area contributed by atoms with Gasteiger partial charge in [0.2, 0.25) is 0 Å². The zero-order valence-corrected chi connectivity index (χ0v) is 12.6. The lowest BCUT2D eigenvalue weighted by molar-refractivity contribution is -0.133. The molecule has 0 unspecified atom stereocenters. The SMILES string of the molecule is O=C(C[C@]1(O)C(=O)Nc2cc(Br)ccc21)c1ccccc1. The smallest absolute Gasteiger partial charge is 0.261 e. The number of ketones is 1. The van der Waals surface area contributed by atoms with E-state index in [-0.39, 0.29) is 12.2 Å². The Balaban J connectivity index is 1.95. The number of halogens is 1. The van der Waals surface area contributed by atoms with Gasteiger partial charge in [-0.15, -0.1) is 0 Å². The molecule has 0 aromatic heterocycles. The van der Waals surface area contributed by atoms with E-state index in [1.807, 2.05) is 0 Å². The summed E-state index contributed by atoms with van der Waals surface area (Å²) in [5.41, 5.74) is -0.384. The summed E-state index contributed by atoms with van der Waals surface area (Å²) in [4.78, 5) is 24.4. The Labute approximate surface area is 129 Å². The average Bonchev–Trinajstić information content (AvgIpc) is 2.70. The van der Waals surface area contributed by atoms with E-state index in [0.717, 1.165) is 4.47 Å². The zero-order chi connectivity index (χ0) is 15.0. The first-order chi connectivity index (χ1) is 10.0. The Morgan fingerprint density at radius 1 is 1.19 bits per heavy atom. The van der Waals surface area contributed by atoms with Gasteiger partial charge in [-0.2, -0.15) is 0 Å². The molecule has 2 aromatic carbocycles. The maximum absolute atomic E-state index is 12.3. The molecule has 2 aromatic rings. The Hall–Kier alpha value is -1.98. The van der Waals surface area contributed by atoms with Crippen LogP contribution >= 0.6 is 15.9 Å². The van der Waals surface area contributed by atoms with E-state index < -0.39 is 11.5 Å². The fourth-order valence-corrected chi connectivity index (χ4v) is 2.82. The van der Waals surface area contributed by atoms with Crippen LogP contribution in [-0.2, 0) is 10.4 Å². The molecule has 1 aliphatic rings. The number of carbonyl (C=O) groups excluding carboxylic acids is 2. The van der Waals surface area contributed by atoms with Crippen molar-refractivity contribution in [2.45, 2.75) is 12.0 Å². The van der Waals surface area contributed by atoms with Gasteiger partial charge in [0.05, 0.1) is 6.42 Å². The first kappa shape index (κ1) is 14.0. The van der Waals surface area contributed by atoms with Crippen LogP contribution in [0.3, 0.4) is 0 Å². The first-order valence-corrected chi connectivity index (χ1v) is 7.22. The summed E-state index contributed by atoms with van der Waals surface area (Å²) in [6, 6.07) is 13.7. The van der Waals surface area contributed by atoms with Crippen LogP contribution in [0.15, 0.2) is 53.0 Å². The summed E-state index contributed by atoms with van der Waals surface area (Å²) < 4.78 is 0.792. The molecule has 21 heavy (non-hydrogen) atoms. The van der Waals surface area contributed by atoms with Crippen molar-refractivity contribution >= 4 is 33.3 Å². The quantitative estimate of drug-likeness (QED) is 0.840. The topological polar surface area (TPSA) is 66.4 Å². The number of anilines is 1. The van der Waals surface area contributed by atoms with Gasteiger partial charge >= 0.3 is 0 Å². The normalized spacial score (nSPS) is 20.0. The molecule has 1 heterocycles. The van der Waals surface area contributed by atoms with Crippen LogP contribution in [0.2, 0.25) is 0 Å². The average molecular weight is 346 g/mol. The molecule has 106 valence electrons. The maximum Gasteiger partial charge on any atom is 0.261 e. The van der Waals surface area contributed by atoms with E-state index in [2.05, 4.69) is 21.2 Å². The van der Waals surface area contributed by atoms with E-state index >= 15 is 0 Å². The van der Waals surface area contributed by atoms with Crippen LogP contribution < -0.4 is 5.32 Å². The van der Waals surface area contributed by atoms with Gasteiger partial charge in [0, 0.05) is 21.3 Å². The molecule has 0 bridgehead atoms. The van der Waals surface area contributed by atoms with Crippen LogP contribution in [0.4, 0.5) is 5.69 Å². The van der Waals surface area contributed by atoms with Crippen molar-refractivity contribution in [1.29, 1.82) is 0 Å². The second-order valence-electron chi connectivity index (χ2n) is 4.97. The highest BCUT2D eigenvalue weighted by molar-refractivity contribution is 9.10. The third kappa shape index (κ3) is 2.39. The van der Waals surface area contributed by atoms with Gasteiger partial charge in [-0.25, -0.2) is 0 Å². The molecular weight excluding hydrogens is 334 g/mol. The number of carbonyl (C=O) groups is 2. The number of fused-ring (bicyclic) bond motifs is 1. The van der Waals surface area contributed by atoms with Gasteiger partial charge in [0.15, 0.2) is 11.4 Å². The minimum atomic E-state index is -1.82. The highest BCUT2D eigenvalue weighted by Gasteiger charge is 2.46. The van der Waals surface area contributed by atoms with E-state index in [9.17, 15) is 14.7 Å². The molecule has 0 spiro atoms. The molecule has 1 aliphatic heterocycles. The summed E-state index contributed by atoms with van der Waals surface area (Å²) >= 11 is 3.31. The molecule has 1 amide bonds. The second-order valence-corrected chi connectivity index (χ2v) is 5.89. The van der Waals surface area contributed by atoms with E-state index in [4.69, 9.17) is 0 Å². The van der Waals surface area contributed by atoms with Crippen molar-refractivity contribution in [1.82, 2.24) is 0 Å². The molecular formula is C16H12BrNO3. The molecule has 0 saturated carbocycles. The van der Waals surface area contributed by atoms with E-state index in [1.54, 1.807) is 48.5 Å². The predicted octanol–water partition coefficient (Wildman–Crippen LogP) is 2.86. The van der Waals surface area contributed by atoms with E-state index in [0.29, 0.717) is 16.8 Å².